The Hall–Kier alpha value is -1.83. The highest BCUT2D eigenvalue weighted by Gasteiger charge is 2.16. The highest BCUT2D eigenvalue weighted by molar-refractivity contribution is 9.10. The molecule has 0 aliphatic rings. The summed E-state index contributed by atoms with van der Waals surface area (Å²) in [6.07, 6.45) is 0. The molecule has 0 aliphatic heterocycles. The third kappa shape index (κ3) is 2.83. The van der Waals surface area contributed by atoms with E-state index in [9.17, 15) is 10.1 Å². The van der Waals surface area contributed by atoms with E-state index in [1.807, 2.05) is 0 Å². The number of guanidine groups is 1. The minimum atomic E-state index is -1.03. The van der Waals surface area contributed by atoms with E-state index in [-0.39, 0.29) is 0 Å². The second-order valence-electron chi connectivity index (χ2n) is 2.92. The number of hydrogen-bond acceptors (Lipinski definition) is 4. The van der Waals surface area contributed by atoms with Gasteiger partial charge in [0.15, 0.2) is 0 Å². The smallest absolute Gasteiger partial charge is 0.317 e. The Labute approximate surface area is 99.5 Å². The minimum Gasteiger partial charge on any atom is -0.368 e. The second kappa shape index (κ2) is 4.79. The van der Waals surface area contributed by atoms with E-state index in [2.05, 4.69) is 20.9 Å². The molecule has 0 spiro atoms. The van der Waals surface area contributed by atoms with Crippen molar-refractivity contribution in [2.45, 2.75) is 6.92 Å². The summed E-state index contributed by atoms with van der Waals surface area (Å²) < 4.78 is 0.700. The molecule has 86 valence electrons. The Morgan fingerprint density at radius 3 is 2.81 bits per heavy atom. The number of nitrogens with zero attached hydrogens (tertiary/aromatic N) is 2. The summed E-state index contributed by atoms with van der Waals surface area (Å²) in [7, 11) is 0. The van der Waals surface area contributed by atoms with Gasteiger partial charge >= 0.3 is 5.09 Å². The summed E-state index contributed by atoms with van der Waals surface area (Å²) in [5.74, 6) is -0.571. The normalized spacial score (nSPS) is 9.62. The van der Waals surface area contributed by atoms with Crippen LogP contribution in [-0.2, 0) is 4.94 Å². The summed E-state index contributed by atoms with van der Waals surface area (Å²) in [6, 6.07) is 5.06. The molecule has 1 aromatic rings. The summed E-state index contributed by atoms with van der Waals surface area (Å²) >= 11 is 3.22. The van der Waals surface area contributed by atoms with Crippen LogP contribution in [0.5, 0.6) is 0 Å². The fourth-order valence-electron chi connectivity index (χ4n) is 1.09. The van der Waals surface area contributed by atoms with Crippen LogP contribution in [0.15, 0.2) is 22.7 Å². The number of aryl methyl sites for hydroxylation is 1. The van der Waals surface area contributed by atoms with Gasteiger partial charge in [-0.25, -0.2) is 0 Å². The third-order valence-electron chi connectivity index (χ3n) is 1.76. The number of anilines is 1. The van der Waals surface area contributed by atoms with Gasteiger partial charge in [0.2, 0.25) is 5.96 Å². The molecule has 16 heavy (non-hydrogen) atoms. The van der Waals surface area contributed by atoms with E-state index in [1.165, 1.54) is 0 Å². The lowest BCUT2D eigenvalue weighted by Gasteiger charge is -2.20. The zero-order valence-electron chi connectivity index (χ0n) is 8.31. The fraction of sp³-hybridized carbons (Fsp3) is 0.125. The van der Waals surface area contributed by atoms with Gasteiger partial charge in [0.1, 0.15) is 0 Å². The van der Waals surface area contributed by atoms with Crippen molar-refractivity contribution in [2.75, 3.05) is 5.06 Å². The van der Waals surface area contributed by atoms with E-state index < -0.39 is 11.0 Å². The van der Waals surface area contributed by atoms with Crippen molar-refractivity contribution in [3.05, 3.63) is 38.3 Å². The predicted molar refractivity (Wildman–Crippen MR) is 61.4 cm³/mol. The standard InChI is InChI=1S/C8H9BrN4O3/c1-5-2-3-6(9)4-7(5)12(8(10)11)16-13(14)15/h2-4H,1H3,(H3,10,11). The first kappa shape index (κ1) is 12.2. The van der Waals surface area contributed by atoms with Crippen LogP contribution >= 0.6 is 15.9 Å². The Bertz CT molecular complexity index is 437. The molecule has 0 amide bonds. The van der Waals surface area contributed by atoms with Gasteiger partial charge in [-0.05, 0) is 24.6 Å². The summed E-state index contributed by atoms with van der Waals surface area (Å²) in [4.78, 5) is 14.5. The monoisotopic (exact) mass is 288 g/mol. The fourth-order valence-corrected chi connectivity index (χ4v) is 1.43. The van der Waals surface area contributed by atoms with Gasteiger partial charge in [-0.3, -0.25) is 5.41 Å². The molecule has 0 atom stereocenters. The molecule has 8 heteroatoms. The Kier molecular flexibility index (Phi) is 3.67. The van der Waals surface area contributed by atoms with Crippen molar-refractivity contribution in [1.82, 2.24) is 0 Å². The van der Waals surface area contributed by atoms with Crippen molar-refractivity contribution in [2.24, 2.45) is 5.73 Å². The van der Waals surface area contributed by atoms with Crippen LogP contribution in [-0.4, -0.2) is 11.0 Å². The van der Waals surface area contributed by atoms with Crippen molar-refractivity contribution in [1.29, 1.82) is 5.41 Å². The Morgan fingerprint density at radius 1 is 1.69 bits per heavy atom. The molecule has 0 radical (unpaired) electrons. The molecular weight excluding hydrogens is 280 g/mol. The van der Waals surface area contributed by atoms with Gasteiger partial charge in [0, 0.05) is 4.47 Å². The topological polar surface area (TPSA) is 105 Å². The molecule has 0 aromatic heterocycles. The number of rotatable bonds is 3. The maximum atomic E-state index is 10.3. The molecule has 0 saturated carbocycles. The molecule has 0 aliphatic carbocycles. The van der Waals surface area contributed by atoms with Crippen molar-refractivity contribution < 1.29 is 10.0 Å². The number of nitrogens with one attached hydrogen (secondary N) is 1. The zero-order valence-corrected chi connectivity index (χ0v) is 9.89. The van der Waals surface area contributed by atoms with Gasteiger partial charge in [-0.1, -0.05) is 22.0 Å². The Morgan fingerprint density at radius 2 is 2.31 bits per heavy atom. The molecule has 0 unspecified atom stereocenters. The number of nitrogens with two attached hydrogens (primary N) is 1. The molecule has 0 bridgehead atoms. The lowest BCUT2D eigenvalue weighted by molar-refractivity contribution is -0.758. The number of halogens is 1. The summed E-state index contributed by atoms with van der Waals surface area (Å²) in [6.45, 7) is 1.72. The number of hydroxylamine groups is 1. The molecule has 1 aromatic carbocycles. The summed E-state index contributed by atoms with van der Waals surface area (Å²) in [5.41, 5.74) is 6.23. The van der Waals surface area contributed by atoms with E-state index >= 15 is 0 Å². The number of hydrogen-bond donors (Lipinski definition) is 2. The van der Waals surface area contributed by atoms with Gasteiger partial charge in [0.05, 0.1) is 5.69 Å². The van der Waals surface area contributed by atoms with E-state index in [0.717, 1.165) is 0 Å². The van der Waals surface area contributed by atoms with Crippen molar-refractivity contribution in [3.8, 4) is 0 Å². The first-order valence-electron chi connectivity index (χ1n) is 4.14. The maximum Gasteiger partial charge on any atom is 0.317 e. The molecule has 0 saturated heterocycles. The minimum absolute atomic E-state index is 0.332. The van der Waals surface area contributed by atoms with Crippen LogP contribution in [0.3, 0.4) is 0 Å². The van der Waals surface area contributed by atoms with E-state index in [1.54, 1.807) is 25.1 Å². The van der Waals surface area contributed by atoms with Crippen LogP contribution in [0.25, 0.3) is 0 Å². The van der Waals surface area contributed by atoms with Gasteiger partial charge in [-0.15, -0.1) is 15.2 Å². The van der Waals surface area contributed by atoms with Crippen LogP contribution < -0.4 is 10.8 Å². The Balaban J connectivity index is 3.14. The highest BCUT2D eigenvalue weighted by Crippen LogP contribution is 2.24. The van der Waals surface area contributed by atoms with Gasteiger partial charge in [-0.2, -0.15) is 4.94 Å². The average molecular weight is 289 g/mol. The van der Waals surface area contributed by atoms with Crippen LogP contribution in [0.2, 0.25) is 0 Å². The SMILES string of the molecule is Cc1ccc(Br)cc1N(O[N+](=O)[O-])C(=N)N. The quantitative estimate of drug-likeness (QED) is 0.380. The second-order valence-corrected chi connectivity index (χ2v) is 3.83. The molecule has 1 rings (SSSR count). The van der Waals surface area contributed by atoms with Crippen molar-refractivity contribution >= 4 is 27.6 Å². The molecular formula is C8H9BrN4O3. The zero-order chi connectivity index (χ0) is 12.3. The van der Waals surface area contributed by atoms with E-state index in [4.69, 9.17) is 11.1 Å². The average Bonchev–Trinajstić information content (AvgIpc) is 2.18. The van der Waals surface area contributed by atoms with Crippen molar-refractivity contribution in [3.63, 3.8) is 0 Å². The van der Waals surface area contributed by atoms with Gasteiger partial charge in [0.25, 0.3) is 0 Å². The first-order chi connectivity index (χ1) is 7.41. The molecule has 0 fully saturated rings. The largest absolute Gasteiger partial charge is 0.368 e. The summed E-state index contributed by atoms with van der Waals surface area (Å²) in [5, 5.41) is 17.1. The predicted octanol–water partition coefficient (Wildman–Crippen LogP) is 1.58. The lowest BCUT2D eigenvalue weighted by atomic mass is 10.2. The van der Waals surface area contributed by atoms with Gasteiger partial charge < -0.3 is 5.73 Å². The van der Waals surface area contributed by atoms with Crippen LogP contribution in [0.4, 0.5) is 5.69 Å². The highest BCUT2D eigenvalue weighted by atomic mass is 79.9. The third-order valence-corrected chi connectivity index (χ3v) is 2.25. The number of benzene rings is 1. The molecule has 7 nitrogen and oxygen atoms in total. The molecule has 3 N–H and O–H groups in total. The van der Waals surface area contributed by atoms with Crippen LogP contribution in [0, 0.1) is 22.4 Å². The lowest BCUT2D eigenvalue weighted by Crippen LogP contribution is -2.38. The first-order valence-corrected chi connectivity index (χ1v) is 4.94. The van der Waals surface area contributed by atoms with Crippen LogP contribution in [0.1, 0.15) is 5.56 Å². The molecule has 0 heterocycles. The maximum absolute atomic E-state index is 10.3. The van der Waals surface area contributed by atoms with E-state index in [0.29, 0.717) is 20.8 Å².